The molecule has 24 heavy (non-hydrogen) atoms. The number of aromatic nitrogens is 1. The molecule has 3 N–H and O–H groups in total. The number of hydrogen-bond donors (Lipinski definition) is 2. The van der Waals surface area contributed by atoms with Crippen LogP contribution in [0.5, 0.6) is 5.75 Å². The van der Waals surface area contributed by atoms with Gasteiger partial charge in [-0.05, 0) is 43.3 Å². The molecule has 0 saturated carbocycles. The summed E-state index contributed by atoms with van der Waals surface area (Å²) < 4.78 is 5.49. The van der Waals surface area contributed by atoms with Crippen LogP contribution < -0.4 is 20.7 Å². The lowest BCUT2D eigenvalue weighted by Crippen LogP contribution is -2.48. The van der Waals surface area contributed by atoms with Crippen molar-refractivity contribution < 1.29 is 14.3 Å². The van der Waals surface area contributed by atoms with Gasteiger partial charge in [0.15, 0.2) is 17.7 Å². The largest absolute Gasteiger partial charge is 0.477 e. The summed E-state index contributed by atoms with van der Waals surface area (Å²) in [5.74, 6) is 0.171. The number of ether oxygens (including phenoxy) is 1. The number of nitrogens with one attached hydrogen (secondary N) is 1. The lowest BCUT2D eigenvalue weighted by molar-refractivity contribution is -0.127. The van der Waals surface area contributed by atoms with E-state index in [2.05, 4.69) is 10.3 Å². The zero-order valence-electron chi connectivity index (χ0n) is 12.8. The highest BCUT2D eigenvalue weighted by molar-refractivity contribution is 6.30. The number of carbonyl (C=O) groups excluding carboxylic acids is 2. The van der Waals surface area contributed by atoms with E-state index in [0.717, 1.165) is 0 Å². The van der Waals surface area contributed by atoms with Crippen molar-refractivity contribution >= 4 is 40.7 Å². The Morgan fingerprint density at radius 1 is 1.33 bits per heavy atom. The summed E-state index contributed by atoms with van der Waals surface area (Å²) in [4.78, 5) is 30.0. The molecule has 3 rings (SSSR count). The van der Waals surface area contributed by atoms with Crippen molar-refractivity contribution in [2.45, 2.75) is 13.0 Å². The Hall–Kier alpha value is -2.80. The molecule has 0 radical (unpaired) electrons. The molecule has 7 nitrogen and oxygen atoms in total. The molecule has 1 aromatic heterocycles. The molecular weight excluding hydrogens is 332 g/mol. The third-order valence-electron chi connectivity index (χ3n) is 3.46. The average Bonchev–Trinajstić information content (AvgIpc) is 2.55. The third-order valence-corrected chi connectivity index (χ3v) is 3.72. The Kier molecular flexibility index (Phi) is 4.26. The van der Waals surface area contributed by atoms with Crippen molar-refractivity contribution in [1.29, 1.82) is 0 Å². The maximum Gasteiger partial charge on any atom is 0.269 e. The van der Waals surface area contributed by atoms with Crippen molar-refractivity contribution in [3.8, 4) is 5.75 Å². The topological polar surface area (TPSA) is 97.6 Å². The van der Waals surface area contributed by atoms with Gasteiger partial charge >= 0.3 is 0 Å². The summed E-state index contributed by atoms with van der Waals surface area (Å²) in [6, 6.07) is 9.88. The number of nitrogens with two attached hydrogens (primary N) is 1. The molecule has 1 aromatic carbocycles. The van der Waals surface area contributed by atoms with Gasteiger partial charge in [0.05, 0.1) is 0 Å². The summed E-state index contributed by atoms with van der Waals surface area (Å²) in [5.41, 5.74) is 6.26. The van der Waals surface area contributed by atoms with E-state index in [9.17, 15) is 9.59 Å². The molecule has 2 amide bonds. The maximum atomic E-state index is 12.4. The first-order valence-corrected chi connectivity index (χ1v) is 7.62. The highest BCUT2D eigenvalue weighted by atomic mass is 35.5. The number of rotatable bonds is 3. The van der Waals surface area contributed by atoms with Crippen LogP contribution in [0.15, 0.2) is 36.4 Å². The van der Waals surface area contributed by atoms with E-state index in [1.165, 1.54) is 4.90 Å². The smallest absolute Gasteiger partial charge is 0.269 e. The second-order valence-electron chi connectivity index (χ2n) is 5.30. The molecule has 8 heteroatoms. The number of anilines is 3. The van der Waals surface area contributed by atoms with Gasteiger partial charge in [0.1, 0.15) is 12.4 Å². The molecule has 1 aliphatic heterocycles. The number of fused-ring (bicyclic) bond motifs is 1. The maximum absolute atomic E-state index is 12.4. The number of nitrogen functional groups attached to an aromatic ring is 1. The Labute approximate surface area is 143 Å². The van der Waals surface area contributed by atoms with Crippen molar-refractivity contribution in [2.75, 3.05) is 22.5 Å². The van der Waals surface area contributed by atoms with Gasteiger partial charge in [0.2, 0.25) is 5.91 Å². The first-order chi connectivity index (χ1) is 11.4. The fourth-order valence-corrected chi connectivity index (χ4v) is 2.46. The van der Waals surface area contributed by atoms with Gasteiger partial charge in [0.25, 0.3) is 5.91 Å². The summed E-state index contributed by atoms with van der Waals surface area (Å²) in [7, 11) is 0. The van der Waals surface area contributed by atoms with Crippen LogP contribution in [0.3, 0.4) is 0 Å². The molecule has 0 bridgehead atoms. The number of halogens is 1. The molecule has 0 fully saturated rings. The molecule has 1 atom stereocenters. The first-order valence-electron chi connectivity index (χ1n) is 7.24. The average molecular weight is 347 g/mol. The van der Waals surface area contributed by atoms with Gasteiger partial charge in [-0.2, -0.15) is 0 Å². The highest BCUT2D eigenvalue weighted by Crippen LogP contribution is 2.32. The van der Waals surface area contributed by atoms with Crippen LogP contribution in [0.1, 0.15) is 6.92 Å². The van der Waals surface area contributed by atoms with Gasteiger partial charge in [-0.25, -0.2) is 4.98 Å². The van der Waals surface area contributed by atoms with Crippen LogP contribution in [-0.2, 0) is 9.59 Å². The minimum Gasteiger partial charge on any atom is -0.477 e. The Morgan fingerprint density at radius 3 is 2.75 bits per heavy atom. The molecule has 2 heterocycles. The Morgan fingerprint density at radius 2 is 2.04 bits per heavy atom. The molecule has 0 saturated heterocycles. The number of hydrogen-bond acceptors (Lipinski definition) is 5. The highest BCUT2D eigenvalue weighted by Gasteiger charge is 2.34. The van der Waals surface area contributed by atoms with Gasteiger partial charge < -0.3 is 15.8 Å². The molecular formula is C16H15ClN4O3. The molecule has 1 unspecified atom stereocenters. The Balaban J connectivity index is 1.80. The number of carbonyl (C=O) groups is 2. The lowest BCUT2D eigenvalue weighted by atomic mass is 10.2. The lowest BCUT2D eigenvalue weighted by Gasteiger charge is -2.31. The minimum absolute atomic E-state index is 0.196. The second kappa shape index (κ2) is 6.37. The summed E-state index contributed by atoms with van der Waals surface area (Å²) in [5, 5.41) is 3.27. The van der Waals surface area contributed by atoms with Gasteiger partial charge in [-0.3, -0.25) is 14.5 Å². The summed E-state index contributed by atoms with van der Waals surface area (Å²) in [6.45, 7) is 1.42. The predicted molar refractivity (Wildman–Crippen MR) is 91.2 cm³/mol. The van der Waals surface area contributed by atoms with Crippen LogP contribution in [0.2, 0.25) is 5.02 Å². The molecule has 0 aliphatic carbocycles. The number of pyridine rings is 1. The van der Waals surface area contributed by atoms with Crippen molar-refractivity contribution in [1.82, 2.24) is 4.98 Å². The van der Waals surface area contributed by atoms with Crippen LogP contribution >= 0.6 is 11.6 Å². The van der Waals surface area contributed by atoms with E-state index < -0.39 is 6.10 Å². The van der Waals surface area contributed by atoms with Gasteiger partial charge in [0, 0.05) is 10.7 Å². The van der Waals surface area contributed by atoms with E-state index in [1.807, 2.05) is 0 Å². The van der Waals surface area contributed by atoms with Gasteiger partial charge in [-0.1, -0.05) is 11.6 Å². The summed E-state index contributed by atoms with van der Waals surface area (Å²) >= 11 is 5.81. The predicted octanol–water partition coefficient (Wildman–Crippen LogP) is 2.07. The number of benzene rings is 1. The van der Waals surface area contributed by atoms with Crippen LogP contribution in [0.25, 0.3) is 0 Å². The molecule has 124 valence electrons. The fraction of sp³-hybridized carbons (Fsp3) is 0.188. The van der Waals surface area contributed by atoms with Crippen molar-refractivity contribution in [2.24, 2.45) is 0 Å². The first kappa shape index (κ1) is 16.1. The molecule has 0 spiro atoms. The van der Waals surface area contributed by atoms with E-state index in [0.29, 0.717) is 16.5 Å². The van der Waals surface area contributed by atoms with E-state index >= 15 is 0 Å². The SMILES string of the molecule is CC1Oc2ccc(N)nc2N(CC(=O)Nc2ccc(Cl)cc2)C1=O. The Bertz CT molecular complexity index is 794. The fourth-order valence-electron chi connectivity index (χ4n) is 2.33. The van der Waals surface area contributed by atoms with Crippen molar-refractivity contribution in [3.05, 3.63) is 41.4 Å². The van der Waals surface area contributed by atoms with E-state index in [4.69, 9.17) is 22.1 Å². The zero-order chi connectivity index (χ0) is 17.3. The van der Waals surface area contributed by atoms with Crippen LogP contribution in [-0.4, -0.2) is 29.4 Å². The van der Waals surface area contributed by atoms with E-state index in [1.54, 1.807) is 43.3 Å². The van der Waals surface area contributed by atoms with Crippen molar-refractivity contribution in [3.63, 3.8) is 0 Å². The quantitative estimate of drug-likeness (QED) is 0.886. The second-order valence-corrected chi connectivity index (χ2v) is 5.73. The zero-order valence-corrected chi connectivity index (χ0v) is 13.6. The van der Waals surface area contributed by atoms with E-state index in [-0.39, 0.29) is 30.0 Å². The normalized spacial score (nSPS) is 16.3. The minimum atomic E-state index is -0.703. The standard InChI is InChI=1S/C16H15ClN4O3/c1-9-16(23)21(15-12(24-9)6-7-13(18)20-15)8-14(22)19-11-4-2-10(17)3-5-11/h2-7,9H,8H2,1H3,(H2,18,20)(H,19,22). The molecule has 1 aliphatic rings. The number of amides is 2. The molecule has 2 aromatic rings. The summed E-state index contributed by atoms with van der Waals surface area (Å²) in [6.07, 6.45) is -0.703. The monoisotopic (exact) mass is 346 g/mol. The van der Waals surface area contributed by atoms with Gasteiger partial charge in [-0.15, -0.1) is 0 Å². The number of nitrogens with zero attached hydrogens (tertiary/aromatic N) is 2. The van der Waals surface area contributed by atoms with Crippen LogP contribution in [0.4, 0.5) is 17.3 Å². The van der Waals surface area contributed by atoms with Crippen LogP contribution in [0, 0.1) is 0 Å². The third kappa shape index (κ3) is 3.26.